The van der Waals surface area contributed by atoms with Gasteiger partial charge in [0.15, 0.2) is 5.50 Å². The number of halogens is 3. The van der Waals surface area contributed by atoms with Crippen LogP contribution in [0.4, 0.5) is 5.69 Å². The SMILES string of the molecule is Clc1cc2c(cc1Br)NC=NC2Cl. The van der Waals surface area contributed by atoms with E-state index in [1.165, 1.54) is 0 Å². The Morgan fingerprint density at radius 2 is 2.23 bits per heavy atom. The number of hydrogen-bond acceptors (Lipinski definition) is 2. The van der Waals surface area contributed by atoms with E-state index in [4.69, 9.17) is 23.2 Å². The molecule has 0 radical (unpaired) electrons. The third-order valence-corrected chi connectivity index (χ3v) is 3.32. The van der Waals surface area contributed by atoms with Crippen molar-refractivity contribution < 1.29 is 0 Å². The van der Waals surface area contributed by atoms with Gasteiger partial charge in [-0.15, -0.1) is 0 Å². The average molecular weight is 280 g/mol. The predicted octanol–water partition coefficient (Wildman–Crippen LogP) is 3.79. The normalized spacial score (nSPS) is 19.5. The molecular formula is C8H5BrCl2N2. The highest BCUT2D eigenvalue weighted by Crippen LogP contribution is 2.37. The molecule has 1 unspecified atom stereocenters. The van der Waals surface area contributed by atoms with Crippen LogP contribution in [-0.4, -0.2) is 6.34 Å². The molecule has 0 saturated heterocycles. The fourth-order valence-corrected chi connectivity index (χ4v) is 1.89. The van der Waals surface area contributed by atoms with Crippen molar-refractivity contribution in [2.45, 2.75) is 5.50 Å². The van der Waals surface area contributed by atoms with E-state index in [9.17, 15) is 0 Å². The summed E-state index contributed by atoms with van der Waals surface area (Å²) in [4.78, 5) is 4.00. The Morgan fingerprint density at radius 1 is 1.46 bits per heavy atom. The van der Waals surface area contributed by atoms with Crippen molar-refractivity contribution in [2.24, 2.45) is 4.99 Å². The molecule has 2 rings (SSSR count). The molecule has 68 valence electrons. The Balaban J connectivity index is 2.56. The lowest BCUT2D eigenvalue weighted by molar-refractivity contribution is 1.01. The molecule has 5 heteroatoms. The summed E-state index contributed by atoms with van der Waals surface area (Å²) >= 11 is 15.2. The van der Waals surface area contributed by atoms with Gasteiger partial charge >= 0.3 is 0 Å². The first kappa shape index (κ1) is 9.31. The average Bonchev–Trinajstić information content (AvgIpc) is 2.09. The monoisotopic (exact) mass is 278 g/mol. The van der Waals surface area contributed by atoms with E-state index < -0.39 is 0 Å². The van der Waals surface area contributed by atoms with E-state index in [0.717, 1.165) is 15.7 Å². The van der Waals surface area contributed by atoms with Crippen molar-refractivity contribution >= 4 is 51.2 Å². The van der Waals surface area contributed by atoms with Crippen LogP contribution in [0.5, 0.6) is 0 Å². The molecule has 1 heterocycles. The van der Waals surface area contributed by atoms with Crippen molar-refractivity contribution in [1.82, 2.24) is 0 Å². The van der Waals surface area contributed by atoms with Gasteiger partial charge in [0.05, 0.1) is 11.4 Å². The zero-order valence-corrected chi connectivity index (χ0v) is 9.49. The molecule has 1 aliphatic heterocycles. The number of aliphatic imine (C=N–C) groups is 1. The largest absolute Gasteiger partial charge is 0.346 e. The van der Waals surface area contributed by atoms with Crippen molar-refractivity contribution in [3.63, 3.8) is 0 Å². The fourth-order valence-electron chi connectivity index (χ4n) is 1.14. The van der Waals surface area contributed by atoms with Gasteiger partial charge < -0.3 is 5.32 Å². The number of rotatable bonds is 0. The molecule has 1 atom stereocenters. The first-order valence-corrected chi connectivity index (χ1v) is 5.20. The highest BCUT2D eigenvalue weighted by molar-refractivity contribution is 9.10. The lowest BCUT2D eigenvalue weighted by Gasteiger charge is -2.17. The summed E-state index contributed by atoms with van der Waals surface area (Å²) in [5.41, 5.74) is 1.49. The molecule has 1 aromatic carbocycles. The minimum atomic E-state index is -0.346. The van der Waals surface area contributed by atoms with Gasteiger partial charge in [0, 0.05) is 15.7 Å². The molecule has 1 aliphatic rings. The van der Waals surface area contributed by atoms with Gasteiger partial charge in [0.1, 0.15) is 0 Å². The lowest BCUT2D eigenvalue weighted by Crippen LogP contribution is -2.06. The van der Waals surface area contributed by atoms with Gasteiger partial charge in [-0.05, 0) is 28.1 Å². The Morgan fingerprint density at radius 3 is 3.00 bits per heavy atom. The summed E-state index contributed by atoms with van der Waals surface area (Å²) in [5, 5.41) is 3.64. The molecule has 2 nitrogen and oxygen atoms in total. The predicted molar refractivity (Wildman–Crippen MR) is 59.9 cm³/mol. The minimum Gasteiger partial charge on any atom is -0.346 e. The maximum absolute atomic E-state index is 5.96. The zero-order valence-electron chi connectivity index (χ0n) is 6.39. The van der Waals surface area contributed by atoms with Gasteiger partial charge in [-0.25, -0.2) is 0 Å². The molecule has 0 saturated carbocycles. The smallest absolute Gasteiger partial charge is 0.152 e. The van der Waals surface area contributed by atoms with Crippen molar-refractivity contribution in [3.8, 4) is 0 Å². The van der Waals surface area contributed by atoms with Gasteiger partial charge in [-0.1, -0.05) is 23.2 Å². The lowest BCUT2D eigenvalue weighted by atomic mass is 10.1. The Bertz CT molecular complexity index is 379. The maximum atomic E-state index is 5.96. The van der Waals surface area contributed by atoms with Crippen LogP contribution in [0.1, 0.15) is 11.1 Å². The Hall–Kier alpha value is -0.250. The second kappa shape index (κ2) is 3.48. The number of nitrogens with zero attached hydrogens (tertiary/aromatic N) is 1. The van der Waals surface area contributed by atoms with E-state index in [0.29, 0.717) is 5.02 Å². The number of nitrogens with one attached hydrogen (secondary N) is 1. The van der Waals surface area contributed by atoms with Crippen LogP contribution >= 0.6 is 39.1 Å². The molecule has 0 spiro atoms. The number of hydrogen-bond donors (Lipinski definition) is 1. The summed E-state index contributed by atoms with van der Waals surface area (Å²) < 4.78 is 0.847. The first-order valence-electron chi connectivity index (χ1n) is 3.59. The molecule has 0 aromatic heterocycles. The van der Waals surface area contributed by atoms with Crippen LogP contribution in [0.3, 0.4) is 0 Å². The van der Waals surface area contributed by atoms with Crippen LogP contribution in [0, 0.1) is 0 Å². The molecule has 0 aliphatic carbocycles. The number of alkyl halides is 1. The molecule has 1 N–H and O–H groups in total. The maximum Gasteiger partial charge on any atom is 0.152 e. The van der Waals surface area contributed by atoms with Crippen LogP contribution in [0.25, 0.3) is 0 Å². The summed E-state index contributed by atoms with van der Waals surface area (Å²) in [6, 6.07) is 3.69. The Labute approximate surface area is 94.1 Å². The van der Waals surface area contributed by atoms with Gasteiger partial charge in [0.25, 0.3) is 0 Å². The zero-order chi connectivity index (χ0) is 9.42. The standard InChI is InChI=1S/C8H5BrCl2N2/c9-5-2-7-4(1-6(5)10)8(11)13-3-12-7/h1-3,8H,(H,12,13). The molecule has 0 bridgehead atoms. The highest BCUT2D eigenvalue weighted by Gasteiger charge is 2.16. The van der Waals surface area contributed by atoms with E-state index in [1.54, 1.807) is 6.34 Å². The molecule has 1 aromatic rings. The van der Waals surface area contributed by atoms with Crippen LogP contribution < -0.4 is 5.32 Å². The third-order valence-electron chi connectivity index (χ3n) is 1.77. The first-order chi connectivity index (χ1) is 6.18. The van der Waals surface area contributed by atoms with Gasteiger partial charge in [-0.2, -0.15) is 0 Å². The second-order valence-electron chi connectivity index (χ2n) is 2.61. The van der Waals surface area contributed by atoms with E-state index in [-0.39, 0.29) is 5.50 Å². The van der Waals surface area contributed by atoms with E-state index in [1.807, 2.05) is 12.1 Å². The van der Waals surface area contributed by atoms with Crippen molar-refractivity contribution in [2.75, 3.05) is 5.32 Å². The number of benzene rings is 1. The van der Waals surface area contributed by atoms with Crippen molar-refractivity contribution in [1.29, 1.82) is 0 Å². The second-order valence-corrected chi connectivity index (χ2v) is 4.29. The summed E-state index contributed by atoms with van der Waals surface area (Å²) in [7, 11) is 0. The van der Waals surface area contributed by atoms with Crippen LogP contribution in [-0.2, 0) is 0 Å². The molecular weight excluding hydrogens is 275 g/mol. The van der Waals surface area contributed by atoms with Crippen LogP contribution in [0.2, 0.25) is 5.02 Å². The highest BCUT2D eigenvalue weighted by atomic mass is 79.9. The minimum absolute atomic E-state index is 0.346. The van der Waals surface area contributed by atoms with E-state index in [2.05, 4.69) is 26.2 Å². The summed E-state index contributed by atoms with van der Waals surface area (Å²) in [6.07, 6.45) is 1.58. The Kier molecular flexibility index (Phi) is 2.49. The third kappa shape index (κ3) is 1.68. The molecule has 13 heavy (non-hydrogen) atoms. The number of anilines is 1. The molecule has 0 fully saturated rings. The van der Waals surface area contributed by atoms with E-state index >= 15 is 0 Å². The summed E-state index contributed by atoms with van der Waals surface area (Å²) in [6.45, 7) is 0. The fraction of sp³-hybridized carbons (Fsp3) is 0.125. The van der Waals surface area contributed by atoms with Crippen molar-refractivity contribution in [3.05, 3.63) is 27.2 Å². The number of fused-ring (bicyclic) bond motifs is 1. The quantitative estimate of drug-likeness (QED) is 0.567. The topological polar surface area (TPSA) is 24.4 Å². The molecule has 0 amide bonds. The van der Waals surface area contributed by atoms with Gasteiger partial charge in [-0.3, -0.25) is 4.99 Å². The van der Waals surface area contributed by atoms with Crippen LogP contribution in [0.15, 0.2) is 21.6 Å². The van der Waals surface area contributed by atoms with Gasteiger partial charge in [0.2, 0.25) is 0 Å². The summed E-state index contributed by atoms with van der Waals surface area (Å²) in [5.74, 6) is 0.